The molecule has 1 N–H and O–H groups in total. The summed E-state index contributed by atoms with van der Waals surface area (Å²) in [7, 11) is 0. The summed E-state index contributed by atoms with van der Waals surface area (Å²) >= 11 is 0. The van der Waals surface area contributed by atoms with Crippen LogP contribution < -0.4 is 10.2 Å². The van der Waals surface area contributed by atoms with Crippen molar-refractivity contribution in [2.75, 3.05) is 16.8 Å². The molecule has 0 fully saturated rings. The maximum Gasteiger partial charge on any atom is 0.135 e. The van der Waals surface area contributed by atoms with Crippen molar-refractivity contribution >= 4 is 17.3 Å². The number of hydrogen-bond donors (Lipinski definition) is 1. The molecule has 3 aromatic rings. The van der Waals surface area contributed by atoms with E-state index in [0.29, 0.717) is 0 Å². The van der Waals surface area contributed by atoms with Gasteiger partial charge in [0.05, 0.1) is 0 Å². The van der Waals surface area contributed by atoms with E-state index in [0.717, 1.165) is 36.8 Å². The van der Waals surface area contributed by atoms with Crippen LogP contribution >= 0.6 is 0 Å². The van der Waals surface area contributed by atoms with Crippen LogP contribution in [-0.2, 0) is 13.0 Å². The molecule has 0 amide bonds. The van der Waals surface area contributed by atoms with Crippen LogP contribution in [0.1, 0.15) is 22.3 Å². The average molecular weight is 330 g/mol. The topological polar surface area (TPSA) is 41.0 Å². The fourth-order valence-electron chi connectivity index (χ4n) is 3.47. The molecule has 1 aromatic heterocycles. The second-order valence-corrected chi connectivity index (χ2v) is 6.70. The van der Waals surface area contributed by atoms with E-state index in [9.17, 15) is 0 Å². The molecule has 0 aliphatic carbocycles. The normalized spacial score (nSPS) is 13.4. The molecule has 4 nitrogen and oxygen atoms in total. The van der Waals surface area contributed by atoms with Crippen molar-refractivity contribution < 1.29 is 0 Å². The third-order valence-electron chi connectivity index (χ3n) is 4.60. The molecule has 4 heteroatoms. The van der Waals surface area contributed by atoms with Crippen LogP contribution in [0.3, 0.4) is 0 Å². The Morgan fingerprint density at radius 1 is 0.920 bits per heavy atom. The predicted octanol–water partition coefficient (Wildman–Crippen LogP) is 4.40. The fourth-order valence-corrected chi connectivity index (χ4v) is 3.47. The summed E-state index contributed by atoms with van der Waals surface area (Å²) in [6.07, 6.45) is 2.70. The van der Waals surface area contributed by atoms with E-state index in [-0.39, 0.29) is 0 Å². The maximum absolute atomic E-state index is 4.49. The fraction of sp³-hybridized carbons (Fsp3) is 0.238. The van der Waals surface area contributed by atoms with Crippen LogP contribution in [0.25, 0.3) is 0 Å². The lowest BCUT2D eigenvalue weighted by atomic mass is 10.00. The number of nitrogens with zero attached hydrogens (tertiary/aromatic N) is 3. The summed E-state index contributed by atoms with van der Waals surface area (Å²) in [5.41, 5.74) is 6.37. The van der Waals surface area contributed by atoms with Gasteiger partial charge in [0.25, 0.3) is 0 Å². The standard InChI is InChI=1S/C21H22N4/c1-15-9-16(2)11-19(10-15)24-20-12-21(23-14-22-20)25-8-7-17-5-3-4-6-18(17)13-25/h3-6,9-12,14H,7-8,13H2,1-2H3,(H,22,23,24). The van der Waals surface area contributed by atoms with E-state index in [1.165, 1.54) is 22.3 Å². The largest absolute Gasteiger partial charge is 0.352 e. The smallest absolute Gasteiger partial charge is 0.135 e. The number of hydrogen-bond acceptors (Lipinski definition) is 4. The van der Waals surface area contributed by atoms with Crippen LogP contribution in [0, 0.1) is 13.8 Å². The summed E-state index contributed by atoms with van der Waals surface area (Å²) in [5, 5.41) is 3.41. The zero-order valence-corrected chi connectivity index (χ0v) is 14.7. The first-order valence-corrected chi connectivity index (χ1v) is 8.66. The second-order valence-electron chi connectivity index (χ2n) is 6.70. The van der Waals surface area contributed by atoms with E-state index in [2.05, 4.69) is 76.5 Å². The zero-order valence-electron chi connectivity index (χ0n) is 14.7. The molecular weight excluding hydrogens is 308 g/mol. The Morgan fingerprint density at radius 2 is 1.68 bits per heavy atom. The molecule has 0 radical (unpaired) electrons. The van der Waals surface area contributed by atoms with E-state index in [1.807, 2.05) is 6.07 Å². The summed E-state index contributed by atoms with van der Waals surface area (Å²) in [4.78, 5) is 11.2. The van der Waals surface area contributed by atoms with Crippen molar-refractivity contribution in [2.45, 2.75) is 26.8 Å². The Kier molecular flexibility index (Phi) is 4.10. The Hall–Kier alpha value is -2.88. The number of rotatable bonds is 3. The van der Waals surface area contributed by atoms with Gasteiger partial charge in [-0.2, -0.15) is 0 Å². The Balaban J connectivity index is 1.56. The molecule has 0 saturated carbocycles. The summed E-state index contributed by atoms with van der Waals surface area (Å²) < 4.78 is 0. The highest BCUT2D eigenvalue weighted by molar-refractivity contribution is 5.61. The highest BCUT2D eigenvalue weighted by Gasteiger charge is 2.17. The van der Waals surface area contributed by atoms with Crippen molar-refractivity contribution in [3.8, 4) is 0 Å². The number of anilines is 3. The second kappa shape index (κ2) is 6.55. The molecule has 2 aromatic carbocycles. The number of benzene rings is 2. The number of nitrogens with one attached hydrogen (secondary N) is 1. The quantitative estimate of drug-likeness (QED) is 0.773. The van der Waals surface area contributed by atoms with E-state index in [4.69, 9.17) is 0 Å². The molecule has 0 bridgehead atoms. The average Bonchev–Trinajstić information content (AvgIpc) is 2.61. The van der Waals surface area contributed by atoms with Gasteiger partial charge < -0.3 is 10.2 Å². The molecular formula is C21H22N4. The SMILES string of the molecule is Cc1cc(C)cc(Nc2cc(N3CCc4ccccc4C3)ncn2)c1. The minimum Gasteiger partial charge on any atom is -0.352 e. The first-order valence-electron chi connectivity index (χ1n) is 8.66. The van der Waals surface area contributed by atoms with Gasteiger partial charge in [-0.1, -0.05) is 30.3 Å². The van der Waals surface area contributed by atoms with Gasteiger partial charge in [-0.15, -0.1) is 0 Å². The van der Waals surface area contributed by atoms with Gasteiger partial charge in [0, 0.05) is 24.8 Å². The van der Waals surface area contributed by atoms with E-state index < -0.39 is 0 Å². The highest BCUT2D eigenvalue weighted by Crippen LogP contribution is 2.25. The highest BCUT2D eigenvalue weighted by atomic mass is 15.2. The lowest BCUT2D eigenvalue weighted by molar-refractivity contribution is 0.719. The van der Waals surface area contributed by atoms with Crippen LogP contribution in [0.5, 0.6) is 0 Å². The van der Waals surface area contributed by atoms with Crippen molar-refractivity contribution in [2.24, 2.45) is 0 Å². The molecule has 0 spiro atoms. The molecule has 0 unspecified atom stereocenters. The summed E-state index contributed by atoms with van der Waals surface area (Å²) in [6.45, 7) is 6.09. The molecule has 126 valence electrons. The number of aromatic nitrogens is 2. The lowest BCUT2D eigenvalue weighted by Crippen LogP contribution is -2.31. The molecule has 2 heterocycles. The third kappa shape index (κ3) is 3.48. The van der Waals surface area contributed by atoms with Gasteiger partial charge in [-0.25, -0.2) is 9.97 Å². The first kappa shape index (κ1) is 15.6. The van der Waals surface area contributed by atoms with Crippen molar-refractivity contribution in [3.05, 3.63) is 77.1 Å². The Bertz CT molecular complexity index is 884. The molecule has 0 saturated heterocycles. The van der Waals surface area contributed by atoms with E-state index >= 15 is 0 Å². The molecule has 4 rings (SSSR count). The van der Waals surface area contributed by atoms with Crippen LogP contribution in [0.15, 0.2) is 54.9 Å². The maximum atomic E-state index is 4.49. The summed E-state index contributed by atoms with van der Waals surface area (Å²) in [5.74, 6) is 1.80. The minimum atomic E-state index is 0.828. The summed E-state index contributed by atoms with van der Waals surface area (Å²) in [6, 6.07) is 17.1. The van der Waals surface area contributed by atoms with Gasteiger partial charge in [0.2, 0.25) is 0 Å². The Morgan fingerprint density at radius 3 is 2.48 bits per heavy atom. The lowest BCUT2D eigenvalue weighted by Gasteiger charge is -2.29. The minimum absolute atomic E-state index is 0.828. The molecule has 0 atom stereocenters. The van der Waals surface area contributed by atoms with Crippen LogP contribution in [0.2, 0.25) is 0 Å². The monoisotopic (exact) mass is 330 g/mol. The number of aryl methyl sites for hydroxylation is 2. The van der Waals surface area contributed by atoms with Crippen LogP contribution in [-0.4, -0.2) is 16.5 Å². The molecule has 1 aliphatic heterocycles. The van der Waals surface area contributed by atoms with Crippen LogP contribution in [0.4, 0.5) is 17.3 Å². The van der Waals surface area contributed by atoms with Crippen molar-refractivity contribution in [1.82, 2.24) is 9.97 Å². The number of fused-ring (bicyclic) bond motifs is 1. The van der Waals surface area contributed by atoms with E-state index in [1.54, 1.807) is 6.33 Å². The zero-order chi connectivity index (χ0) is 17.2. The van der Waals surface area contributed by atoms with Gasteiger partial charge in [0.1, 0.15) is 18.0 Å². The predicted molar refractivity (Wildman–Crippen MR) is 102 cm³/mol. The van der Waals surface area contributed by atoms with Crippen molar-refractivity contribution in [3.63, 3.8) is 0 Å². The first-order chi connectivity index (χ1) is 12.2. The van der Waals surface area contributed by atoms with Gasteiger partial charge in [0.15, 0.2) is 0 Å². The Labute approximate surface area is 148 Å². The van der Waals surface area contributed by atoms with Gasteiger partial charge in [-0.3, -0.25) is 0 Å². The molecule has 1 aliphatic rings. The molecule has 25 heavy (non-hydrogen) atoms. The van der Waals surface area contributed by atoms with Gasteiger partial charge >= 0.3 is 0 Å². The van der Waals surface area contributed by atoms with Gasteiger partial charge in [-0.05, 0) is 54.7 Å². The van der Waals surface area contributed by atoms with Crippen molar-refractivity contribution in [1.29, 1.82) is 0 Å². The third-order valence-corrected chi connectivity index (χ3v) is 4.60.